The van der Waals surface area contributed by atoms with E-state index in [1.54, 1.807) is 0 Å². The maximum atomic E-state index is 12.4. The van der Waals surface area contributed by atoms with Crippen LogP contribution >= 0.6 is 0 Å². The average Bonchev–Trinajstić information content (AvgIpc) is 2.93. The van der Waals surface area contributed by atoms with Crippen molar-refractivity contribution in [3.05, 3.63) is 71.0 Å². The first-order valence-electron chi connectivity index (χ1n) is 6.76. The van der Waals surface area contributed by atoms with Gasteiger partial charge in [0.05, 0.1) is 18.4 Å². The summed E-state index contributed by atoms with van der Waals surface area (Å²) in [7, 11) is 1.28. The Balaban J connectivity index is 2.33. The van der Waals surface area contributed by atoms with Gasteiger partial charge in [0.1, 0.15) is 0 Å². The van der Waals surface area contributed by atoms with Crippen molar-refractivity contribution in [1.82, 2.24) is 9.78 Å². The third kappa shape index (κ3) is 2.33. The molecule has 0 amide bonds. The van der Waals surface area contributed by atoms with Crippen LogP contribution < -0.4 is 5.56 Å². The molecule has 22 heavy (non-hydrogen) atoms. The molecule has 0 fully saturated rings. The zero-order valence-electron chi connectivity index (χ0n) is 11.9. The molecule has 5 nitrogen and oxygen atoms in total. The molecule has 3 aromatic rings. The van der Waals surface area contributed by atoms with Crippen molar-refractivity contribution in [2.24, 2.45) is 0 Å². The average molecular weight is 294 g/mol. The fraction of sp³-hybridized carbons (Fsp3) is 0.0588. The number of hydrogen-bond acceptors (Lipinski definition) is 3. The Kier molecular flexibility index (Phi) is 3.62. The zero-order valence-corrected chi connectivity index (χ0v) is 11.9. The quantitative estimate of drug-likeness (QED) is 0.789. The van der Waals surface area contributed by atoms with Gasteiger partial charge in [-0.1, -0.05) is 60.7 Å². The highest BCUT2D eigenvalue weighted by molar-refractivity contribution is 5.87. The second-order valence-electron chi connectivity index (χ2n) is 4.70. The summed E-state index contributed by atoms with van der Waals surface area (Å²) in [5, 5.41) is 2.55. The van der Waals surface area contributed by atoms with Gasteiger partial charge in [0.15, 0.2) is 0 Å². The molecule has 0 bridgehead atoms. The molecule has 0 radical (unpaired) electrons. The van der Waals surface area contributed by atoms with E-state index in [1.165, 1.54) is 7.11 Å². The van der Waals surface area contributed by atoms with Crippen LogP contribution in [0.15, 0.2) is 65.5 Å². The number of nitrogens with zero attached hydrogens (tertiary/aromatic N) is 1. The predicted molar refractivity (Wildman–Crippen MR) is 83.7 cm³/mol. The van der Waals surface area contributed by atoms with Crippen molar-refractivity contribution in [1.29, 1.82) is 0 Å². The number of aromatic nitrogens is 2. The molecule has 2 aromatic carbocycles. The maximum absolute atomic E-state index is 12.4. The van der Waals surface area contributed by atoms with Gasteiger partial charge in [0, 0.05) is 5.56 Å². The van der Waals surface area contributed by atoms with Gasteiger partial charge in [0.25, 0.3) is 5.56 Å². The molecule has 3 rings (SSSR count). The molecule has 1 heterocycles. The second-order valence-corrected chi connectivity index (χ2v) is 4.70. The van der Waals surface area contributed by atoms with E-state index in [-0.39, 0.29) is 5.56 Å². The Bertz CT molecular complexity index is 849. The lowest BCUT2D eigenvalue weighted by atomic mass is 10.0. The van der Waals surface area contributed by atoms with Crippen LogP contribution in [0, 0.1) is 0 Å². The highest BCUT2D eigenvalue weighted by atomic mass is 16.5. The molecule has 110 valence electrons. The van der Waals surface area contributed by atoms with Crippen LogP contribution in [0.1, 0.15) is 0 Å². The van der Waals surface area contributed by atoms with Crippen LogP contribution in [0.5, 0.6) is 0 Å². The summed E-state index contributed by atoms with van der Waals surface area (Å²) >= 11 is 0. The monoisotopic (exact) mass is 294 g/mol. The molecule has 1 N–H and O–H groups in total. The molecule has 0 unspecified atom stereocenters. The number of rotatable bonds is 2. The van der Waals surface area contributed by atoms with E-state index in [9.17, 15) is 9.59 Å². The van der Waals surface area contributed by atoms with Crippen LogP contribution in [-0.4, -0.2) is 23.0 Å². The minimum Gasteiger partial charge on any atom is -0.451 e. The number of H-pyrrole nitrogens is 1. The Labute approximate surface area is 126 Å². The van der Waals surface area contributed by atoms with Crippen molar-refractivity contribution < 1.29 is 9.53 Å². The second kappa shape index (κ2) is 5.73. The van der Waals surface area contributed by atoms with E-state index in [1.807, 2.05) is 60.7 Å². The topological polar surface area (TPSA) is 64.1 Å². The Morgan fingerprint density at radius 1 is 0.955 bits per heavy atom. The highest BCUT2D eigenvalue weighted by Gasteiger charge is 2.21. The molecule has 0 spiro atoms. The van der Waals surface area contributed by atoms with Gasteiger partial charge in [-0.25, -0.2) is 4.79 Å². The molecule has 0 saturated carbocycles. The summed E-state index contributed by atoms with van der Waals surface area (Å²) in [5.74, 6) is 0. The van der Waals surface area contributed by atoms with Crippen molar-refractivity contribution >= 4 is 6.09 Å². The maximum Gasteiger partial charge on any atom is 0.433 e. The predicted octanol–water partition coefficient (Wildman–Crippen LogP) is 3.12. The van der Waals surface area contributed by atoms with E-state index in [4.69, 9.17) is 4.74 Å². The first kappa shape index (κ1) is 13.9. The summed E-state index contributed by atoms with van der Waals surface area (Å²) in [4.78, 5) is 24.3. The van der Waals surface area contributed by atoms with E-state index in [0.717, 1.165) is 15.8 Å². The number of nitrogens with one attached hydrogen (secondary N) is 1. The lowest BCUT2D eigenvalue weighted by Gasteiger charge is -2.08. The molecule has 0 aliphatic rings. The number of carbonyl (C=O) groups is 1. The summed E-state index contributed by atoms with van der Waals surface area (Å²) in [6.45, 7) is 0. The fourth-order valence-electron chi connectivity index (χ4n) is 2.40. The largest absolute Gasteiger partial charge is 0.451 e. The minimum absolute atomic E-state index is 0.338. The number of methoxy groups -OCH3 is 1. The lowest BCUT2D eigenvalue weighted by Crippen LogP contribution is -2.16. The molecule has 0 saturated heterocycles. The van der Waals surface area contributed by atoms with Crippen LogP contribution in [0.25, 0.3) is 22.4 Å². The summed E-state index contributed by atoms with van der Waals surface area (Å²) in [6, 6.07) is 18.5. The summed E-state index contributed by atoms with van der Waals surface area (Å²) in [5.41, 5.74) is 2.09. The van der Waals surface area contributed by atoms with E-state index >= 15 is 0 Å². The van der Waals surface area contributed by atoms with Gasteiger partial charge >= 0.3 is 6.09 Å². The van der Waals surface area contributed by atoms with Gasteiger partial charge in [0.2, 0.25) is 0 Å². The van der Waals surface area contributed by atoms with Crippen LogP contribution in [0.2, 0.25) is 0 Å². The van der Waals surface area contributed by atoms with Crippen LogP contribution in [-0.2, 0) is 4.74 Å². The molecular formula is C17H14N2O3. The number of hydrogen-bond donors (Lipinski definition) is 1. The highest BCUT2D eigenvalue weighted by Crippen LogP contribution is 2.29. The van der Waals surface area contributed by atoms with Gasteiger partial charge in [-0.05, 0) is 5.56 Å². The van der Waals surface area contributed by atoms with Crippen LogP contribution in [0.3, 0.4) is 0 Å². The van der Waals surface area contributed by atoms with Crippen molar-refractivity contribution in [2.45, 2.75) is 0 Å². The third-order valence-corrected chi connectivity index (χ3v) is 3.37. The number of ether oxygens (including phenoxy) is 1. The fourth-order valence-corrected chi connectivity index (χ4v) is 2.40. The third-order valence-electron chi connectivity index (χ3n) is 3.37. The van der Waals surface area contributed by atoms with Crippen LogP contribution in [0.4, 0.5) is 4.79 Å². The molecule has 0 aliphatic heterocycles. The molecule has 0 aliphatic carbocycles. The number of benzene rings is 2. The van der Waals surface area contributed by atoms with E-state index in [2.05, 4.69) is 5.10 Å². The first-order chi connectivity index (χ1) is 10.7. The first-order valence-corrected chi connectivity index (χ1v) is 6.76. The molecule has 5 heteroatoms. The Hall–Kier alpha value is -3.08. The molecular weight excluding hydrogens is 280 g/mol. The Morgan fingerprint density at radius 3 is 2.05 bits per heavy atom. The van der Waals surface area contributed by atoms with Gasteiger partial charge < -0.3 is 4.74 Å². The standard InChI is InChI=1S/C17H14N2O3/c1-22-17(21)19-15(13-10-6-3-7-11-13)14(16(20)18-19)12-8-4-2-5-9-12/h2-11H,1H3,(H,18,20). The van der Waals surface area contributed by atoms with Crippen molar-refractivity contribution in [3.63, 3.8) is 0 Å². The minimum atomic E-state index is -0.641. The van der Waals surface area contributed by atoms with E-state index in [0.29, 0.717) is 11.3 Å². The van der Waals surface area contributed by atoms with Crippen molar-refractivity contribution in [2.75, 3.05) is 7.11 Å². The lowest BCUT2D eigenvalue weighted by molar-refractivity contribution is 0.169. The van der Waals surface area contributed by atoms with Gasteiger partial charge in [-0.2, -0.15) is 4.68 Å². The SMILES string of the molecule is COC(=O)n1[nH]c(=O)c(-c2ccccc2)c1-c1ccccc1. The smallest absolute Gasteiger partial charge is 0.433 e. The Morgan fingerprint density at radius 2 is 1.50 bits per heavy atom. The number of aromatic amines is 1. The van der Waals surface area contributed by atoms with E-state index < -0.39 is 6.09 Å². The normalized spacial score (nSPS) is 10.4. The molecule has 0 atom stereocenters. The summed E-state index contributed by atoms with van der Waals surface area (Å²) < 4.78 is 5.90. The number of carbonyl (C=O) groups excluding carboxylic acids is 1. The summed E-state index contributed by atoms with van der Waals surface area (Å²) in [6.07, 6.45) is -0.641. The van der Waals surface area contributed by atoms with Gasteiger partial charge in [-0.15, -0.1) is 0 Å². The zero-order chi connectivity index (χ0) is 15.5. The van der Waals surface area contributed by atoms with Crippen molar-refractivity contribution in [3.8, 4) is 22.4 Å². The van der Waals surface area contributed by atoms with Gasteiger partial charge in [-0.3, -0.25) is 9.89 Å². The molecule has 1 aromatic heterocycles.